The molecule has 2 N–H and O–H groups in total. The van der Waals surface area contributed by atoms with Gasteiger partial charge in [0.1, 0.15) is 12.0 Å². The predicted molar refractivity (Wildman–Crippen MR) is 215 cm³/mol. The van der Waals surface area contributed by atoms with Gasteiger partial charge in [-0.25, -0.2) is 0 Å². The average molecular weight is 672 g/mol. The Morgan fingerprint density at radius 2 is 1.19 bits per heavy atom. The van der Waals surface area contributed by atoms with Gasteiger partial charge in [0.15, 0.2) is 0 Å². The van der Waals surface area contributed by atoms with Crippen molar-refractivity contribution < 1.29 is 0 Å². The maximum Gasteiger partial charge on any atom is 0.126 e. The zero-order valence-corrected chi connectivity index (χ0v) is 28.8. The van der Waals surface area contributed by atoms with Crippen LogP contribution in [0.3, 0.4) is 0 Å². The van der Waals surface area contributed by atoms with Gasteiger partial charge in [-0.15, -0.1) is 0 Å². The summed E-state index contributed by atoms with van der Waals surface area (Å²) in [7, 11) is 0. The van der Waals surface area contributed by atoms with Crippen LogP contribution in [-0.2, 0) is 5.54 Å². The van der Waals surface area contributed by atoms with Crippen LogP contribution in [0.15, 0.2) is 175 Å². The van der Waals surface area contributed by atoms with E-state index in [0.717, 1.165) is 11.5 Å². The van der Waals surface area contributed by atoms with E-state index in [-0.39, 0.29) is 23.7 Å². The fraction of sp³-hybridized carbons (Fsp3) is 0.128. The summed E-state index contributed by atoms with van der Waals surface area (Å²) in [5.41, 5.74) is 9.47. The standard InChI is InChI=1S/C47H37N5/c1-30-44-45(49-46(31-16-5-2-6-17-31)50-47(30,44)32-18-7-3-8-19-32)38-24-15-27-43(48-38)52-40-26-14-12-23-35(40)37-28-36-34-22-11-13-25-39(34)51(41(36)29-42(37)52)33-20-9-4-10-21-33/h2-30,38,44,46,48,50H,1H3. The molecule has 2 aliphatic heterocycles. The van der Waals surface area contributed by atoms with Crippen LogP contribution in [-0.4, -0.2) is 20.9 Å². The molecule has 5 nitrogen and oxygen atoms in total. The highest BCUT2D eigenvalue weighted by atomic mass is 15.2. The third kappa shape index (κ3) is 4.17. The van der Waals surface area contributed by atoms with Gasteiger partial charge in [-0.2, -0.15) is 0 Å². The lowest BCUT2D eigenvalue weighted by atomic mass is 9.93. The molecule has 0 radical (unpaired) electrons. The van der Waals surface area contributed by atoms with E-state index in [1.165, 1.54) is 60.5 Å². The molecule has 11 rings (SSSR count). The van der Waals surface area contributed by atoms with E-state index < -0.39 is 0 Å². The smallest absolute Gasteiger partial charge is 0.126 e. The maximum atomic E-state index is 5.52. The van der Waals surface area contributed by atoms with Crippen molar-refractivity contribution in [1.82, 2.24) is 19.8 Å². The van der Waals surface area contributed by atoms with E-state index in [1.807, 2.05) is 0 Å². The Balaban J connectivity index is 1.07. The highest BCUT2D eigenvalue weighted by Gasteiger charge is 2.68. The molecule has 0 bridgehead atoms. The fourth-order valence-corrected chi connectivity index (χ4v) is 9.44. The quantitative estimate of drug-likeness (QED) is 0.191. The third-order valence-electron chi connectivity index (χ3n) is 11.8. The largest absolute Gasteiger partial charge is 0.360 e. The molecule has 5 atom stereocenters. The minimum atomic E-state index is -0.168. The van der Waals surface area contributed by atoms with E-state index in [9.17, 15) is 0 Å². The molecule has 1 fully saturated rings. The number of nitrogens with zero attached hydrogens (tertiary/aromatic N) is 3. The molecular formula is C47H37N5. The van der Waals surface area contributed by atoms with Crippen molar-refractivity contribution in [2.45, 2.75) is 24.7 Å². The Bertz CT molecular complexity index is 2770. The van der Waals surface area contributed by atoms with Gasteiger partial charge in [0, 0.05) is 38.9 Å². The number of fused-ring (bicyclic) bond motifs is 7. The normalized spacial score (nSPS) is 23.8. The number of dihydropyridines is 1. The van der Waals surface area contributed by atoms with E-state index in [4.69, 9.17) is 4.99 Å². The summed E-state index contributed by atoms with van der Waals surface area (Å²) < 4.78 is 4.83. The van der Waals surface area contributed by atoms with Crippen LogP contribution in [0.5, 0.6) is 0 Å². The molecule has 0 amide bonds. The third-order valence-corrected chi connectivity index (χ3v) is 11.8. The van der Waals surface area contributed by atoms with Gasteiger partial charge in [-0.3, -0.25) is 14.9 Å². The van der Waals surface area contributed by atoms with Gasteiger partial charge in [0.05, 0.1) is 33.6 Å². The molecular weight excluding hydrogens is 635 g/mol. The van der Waals surface area contributed by atoms with Crippen LogP contribution < -0.4 is 10.6 Å². The molecule has 3 aliphatic rings. The highest BCUT2D eigenvalue weighted by Crippen LogP contribution is 2.62. The lowest BCUT2D eigenvalue weighted by Gasteiger charge is -2.34. The number of nitrogens with one attached hydrogen (secondary N) is 2. The van der Waals surface area contributed by atoms with Crippen LogP contribution in [0.4, 0.5) is 0 Å². The van der Waals surface area contributed by atoms with Crippen LogP contribution in [0.1, 0.15) is 24.2 Å². The van der Waals surface area contributed by atoms with Crippen molar-refractivity contribution in [3.8, 4) is 5.69 Å². The Kier molecular flexibility index (Phi) is 6.34. The van der Waals surface area contributed by atoms with Crippen molar-refractivity contribution in [1.29, 1.82) is 0 Å². The van der Waals surface area contributed by atoms with Gasteiger partial charge in [0.25, 0.3) is 0 Å². The number of hydrogen-bond acceptors (Lipinski definition) is 3. The first-order valence-corrected chi connectivity index (χ1v) is 18.3. The highest BCUT2D eigenvalue weighted by molar-refractivity contribution is 6.19. The second kappa shape index (κ2) is 11.2. The lowest BCUT2D eigenvalue weighted by molar-refractivity contribution is 0.392. The Labute approximate surface area is 302 Å². The molecule has 2 aromatic heterocycles. The number of hydrogen-bond donors (Lipinski definition) is 2. The Hall–Kier alpha value is -6.17. The molecule has 1 saturated carbocycles. The van der Waals surface area contributed by atoms with Crippen molar-refractivity contribution >= 4 is 55.1 Å². The minimum absolute atomic E-state index is 0.0536. The number of para-hydroxylation sites is 3. The van der Waals surface area contributed by atoms with Crippen molar-refractivity contribution in [2.24, 2.45) is 16.8 Å². The fourth-order valence-electron chi connectivity index (χ4n) is 9.44. The first-order chi connectivity index (χ1) is 25.7. The van der Waals surface area contributed by atoms with Crippen LogP contribution in [0, 0.1) is 11.8 Å². The second-order valence-corrected chi connectivity index (χ2v) is 14.5. The summed E-state index contributed by atoms with van der Waals surface area (Å²) in [4.78, 5) is 5.52. The summed E-state index contributed by atoms with van der Waals surface area (Å²) in [6.45, 7) is 2.38. The van der Waals surface area contributed by atoms with Gasteiger partial charge in [-0.05, 0) is 59.5 Å². The molecule has 0 saturated heterocycles. The molecule has 52 heavy (non-hydrogen) atoms. The predicted octanol–water partition coefficient (Wildman–Crippen LogP) is 10.1. The van der Waals surface area contributed by atoms with Gasteiger partial charge in [-0.1, -0.05) is 134 Å². The first kappa shape index (κ1) is 29.5. The average Bonchev–Trinajstić information content (AvgIpc) is 3.52. The zero-order chi connectivity index (χ0) is 34.4. The summed E-state index contributed by atoms with van der Waals surface area (Å²) in [5, 5.41) is 13.1. The molecule has 250 valence electrons. The molecule has 0 spiro atoms. The second-order valence-electron chi connectivity index (χ2n) is 14.5. The number of aliphatic imine (C=N–C) groups is 1. The van der Waals surface area contributed by atoms with Gasteiger partial charge < -0.3 is 9.88 Å². The number of rotatable bonds is 5. The summed E-state index contributed by atoms with van der Waals surface area (Å²) >= 11 is 0. The van der Waals surface area contributed by atoms with Crippen molar-refractivity contribution in [3.63, 3.8) is 0 Å². The molecule has 5 unspecified atom stereocenters. The van der Waals surface area contributed by atoms with E-state index in [1.54, 1.807) is 0 Å². The summed E-state index contributed by atoms with van der Waals surface area (Å²) in [5.74, 6) is 1.72. The SMILES string of the molecule is CC1C2C(C3C=CC=C(n4c5ccccc5c5cc6c7ccccc7n(-c7ccccc7)c6cc54)N3)=NC(c3ccccc3)NC12c1ccccc1. The lowest BCUT2D eigenvalue weighted by Crippen LogP contribution is -2.46. The Morgan fingerprint density at radius 3 is 1.90 bits per heavy atom. The van der Waals surface area contributed by atoms with E-state index >= 15 is 0 Å². The van der Waals surface area contributed by atoms with Gasteiger partial charge in [0.2, 0.25) is 0 Å². The molecule has 4 heterocycles. The Morgan fingerprint density at radius 1 is 0.596 bits per heavy atom. The maximum absolute atomic E-state index is 5.52. The summed E-state index contributed by atoms with van der Waals surface area (Å²) in [6.07, 6.45) is 6.59. The number of aromatic nitrogens is 2. The number of benzene rings is 6. The molecule has 6 aromatic carbocycles. The van der Waals surface area contributed by atoms with Crippen LogP contribution >= 0.6 is 0 Å². The molecule has 5 heteroatoms. The van der Waals surface area contributed by atoms with Crippen LogP contribution in [0.25, 0.3) is 55.1 Å². The monoisotopic (exact) mass is 671 g/mol. The molecule has 1 aliphatic carbocycles. The number of allylic oxidation sites excluding steroid dienone is 2. The van der Waals surface area contributed by atoms with Gasteiger partial charge >= 0.3 is 0 Å². The zero-order valence-electron chi connectivity index (χ0n) is 28.8. The summed E-state index contributed by atoms with van der Waals surface area (Å²) in [6, 6.07) is 54.7. The molecule has 8 aromatic rings. The van der Waals surface area contributed by atoms with Crippen LogP contribution in [0.2, 0.25) is 0 Å². The first-order valence-electron chi connectivity index (χ1n) is 18.3. The minimum Gasteiger partial charge on any atom is -0.360 e. The van der Waals surface area contributed by atoms with E-state index in [2.05, 4.69) is 197 Å². The van der Waals surface area contributed by atoms with E-state index in [0.29, 0.717) is 5.92 Å². The topological polar surface area (TPSA) is 46.3 Å². The van der Waals surface area contributed by atoms with Crippen molar-refractivity contribution in [3.05, 3.63) is 181 Å². The van der Waals surface area contributed by atoms with Crippen molar-refractivity contribution in [2.75, 3.05) is 0 Å².